The maximum atomic E-state index is 9.57. The van der Waals surface area contributed by atoms with E-state index in [9.17, 15) is 5.11 Å². The van der Waals surface area contributed by atoms with Gasteiger partial charge in [-0.2, -0.15) is 0 Å². The summed E-state index contributed by atoms with van der Waals surface area (Å²) in [6.07, 6.45) is 2.60. The van der Waals surface area contributed by atoms with Gasteiger partial charge in [0.1, 0.15) is 0 Å². The molecule has 1 fully saturated rings. The lowest BCUT2D eigenvalue weighted by Crippen LogP contribution is -2.31. The molecule has 0 spiro atoms. The van der Waals surface area contributed by atoms with Crippen molar-refractivity contribution >= 4 is 11.3 Å². The second-order valence-corrected chi connectivity index (χ2v) is 7.35. The Bertz CT molecular complexity index is 391. The molecule has 2 unspecified atom stereocenters. The van der Waals surface area contributed by atoms with Gasteiger partial charge in [0, 0.05) is 22.9 Å². The Balaban J connectivity index is 1.94. The second-order valence-electron chi connectivity index (χ2n) is 6.23. The molecule has 0 amide bonds. The van der Waals surface area contributed by atoms with E-state index in [-0.39, 0.29) is 18.1 Å². The Morgan fingerprint density at radius 3 is 2.79 bits per heavy atom. The van der Waals surface area contributed by atoms with E-state index in [4.69, 9.17) is 4.74 Å². The highest BCUT2D eigenvalue weighted by Crippen LogP contribution is 2.32. The average Bonchev–Trinajstić information content (AvgIpc) is 2.98. The normalized spacial score (nSPS) is 21.8. The molecule has 0 aliphatic carbocycles. The fraction of sp³-hybridized carbons (Fsp3) is 0.733. The Kier molecular flexibility index (Phi) is 5.01. The van der Waals surface area contributed by atoms with Gasteiger partial charge < -0.3 is 15.2 Å². The minimum atomic E-state index is 0.0327. The molecule has 0 saturated carbocycles. The number of hydrogen-bond donors (Lipinski definition) is 2. The SMILES string of the molecule is CC(C)(C)c1ccc(C(CO)NCC2CCCO2)s1. The molecule has 2 N–H and O–H groups in total. The summed E-state index contributed by atoms with van der Waals surface area (Å²) in [7, 11) is 0. The predicted molar refractivity (Wildman–Crippen MR) is 79.8 cm³/mol. The van der Waals surface area contributed by atoms with E-state index in [1.165, 1.54) is 9.75 Å². The molecular weight excluding hydrogens is 258 g/mol. The summed E-state index contributed by atoms with van der Waals surface area (Å²) in [6, 6.07) is 4.34. The van der Waals surface area contributed by atoms with Crippen LogP contribution in [0.4, 0.5) is 0 Å². The largest absolute Gasteiger partial charge is 0.394 e. The van der Waals surface area contributed by atoms with Crippen molar-refractivity contribution in [3.8, 4) is 0 Å². The van der Waals surface area contributed by atoms with Crippen molar-refractivity contribution in [1.29, 1.82) is 0 Å². The van der Waals surface area contributed by atoms with Crippen LogP contribution in [0.15, 0.2) is 12.1 Å². The van der Waals surface area contributed by atoms with Gasteiger partial charge in [-0.25, -0.2) is 0 Å². The second kappa shape index (κ2) is 6.35. The summed E-state index contributed by atoms with van der Waals surface area (Å²) in [6.45, 7) is 8.50. The van der Waals surface area contributed by atoms with Crippen molar-refractivity contribution in [1.82, 2.24) is 5.32 Å². The first-order valence-corrected chi connectivity index (χ1v) is 7.88. The van der Waals surface area contributed by atoms with Crippen molar-refractivity contribution in [2.24, 2.45) is 0 Å². The maximum absolute atomic E-state index is 9.57. The van der Waals surface area contributed by atoms with Gasteiger partial charge in [-0.15, -0.1) is 11.3 Å². The third kappa shape index (κ3) is 4.02. The van der Waals surface area contributed by atoms with E-state index >= 15 is 0 Å². The van der Waals surface area contributed by atoms with Crippen molar-refractivity contribution in [2.45, 2.75) is 51.2 Å². The van der Waals surface area contributed by atoms with Crippen LogP contribution in [0.3, 0.4) is 0 Å². The molecule has 1 saturated heterocycles. The molecule has 0 bridgehead atoms. The summed E-state index contributed by atoms with van der Waals surface area (Å²) in [4.78, 5) is 2.57. The molecule has 2 rings (SSSR count). The van der Waals surface area contributed by atoms with Gasteiger partial charge in [-0.3, -0.25) is 0 Å². The lowest BCUT2D eigenvalue weighted by Gasteiger charge is -2.19. The first-order valence-electron chi connectivity index (χ1n) is 7.07. The number of rotatable bonds is 5. The lowest BCUT2D eigenvalue weighted by molar-refractivity contribution is 0.104. The number of aliphatic hydroxyl groups excluding tert-OH is 1. The smallest absolute Gasteiger partial charge is 0.0700 e. The van der Waals surface area contributed by atoms with Crippen LogP contribution in [0, 0.1) is 0 Å². The van der Waals surface area contributed by atoms with Crippen LogP contribution in [-0.2, 0) is 10.2 Å². The van der Waals surface area contributed by atoms with Gasteiger partial charge in [-0.1, -0.05) is 20.8 Å². The topological polar surface area (TPSA) is 41.5 Å². The van der Waals surface area contributed by atoms with Gasteiger partial charge in [0.25, 0.3) is 0 Å². The molecule has 108 valence electrons. The van der Waals surface area contributed by atoms with Crippen LogP contribution in [-0.4, -0.2) is 31.0 Å². The molecule has 19 heavy (non-hydrogen) atoms. The van der Waals surface area contributed by atoms with E-state index in [1.54, 1.807) is 11.3 Å². The number of nitrogens with one attached hydrogen (secondary N) is 1. The molecule has 1 aromatic rings. The molecule has 4 heteroatoms. The molecular formula is C15H25NO2S. The van der Waals surface area contributed by atoms with E-state index in [0.717, 1.165) is 26.0 Å². The number of ether oxygens (including phenoxy) is 1. The van der Waals surface area contributed by atoms with Crippen LogP contribution >= 0.6 is 11.3 Å². The van der Waals surface area contributed by atoms with Crippen molar-refractivity contribution < 1.29 is 9.84 Å². The molecule has 0 radical (unpaired) electrons. The summed E-state index contributed by atoms with van der Waals surface area (Å²) in [5, 5.41) is 13.0. The zero-order chi connectivity index (χ0) is 13.9. The van der Waals surface area contributed by atoms with Crippen LogP contribution in [0.2, 0.25) is 0 Å². The molecule has 1 aromatic heterocycles. The van der Waals surface area contributed by atoms with E-state index < -0.39 is 0 Å². The highest BCUT2D eigenvalue weighted by atomic mass is 32.1. The van der Waals surface area contributed by atoms with Gasteiger partial charge in [-0.05, 0) is 30.4 Å². The summed E-state index contributed by atoms with van der Waals surface area (Å²) < 4.78 is 5.60. The standard InChI is InChI=1S/C15H25NO2S/c1-15(2,3)14-7-6-13(19-14)12(10-17)16-9-11-5-4-8-18-11/h6-7,11-12,16-17H,4-5,8-10H2,1-3H3. The highest BCUT2D eigenvalue weighted by molar-refractivity contribution is 7.12. The molecule has 1 aliphatic rings. The summed E-state index contributed by atoms with van der Waals surface area (Å²) in [5.74, 6) is 0. The number of hydrogen-bond acceptors (Lipinski definition) is 4. The number of thiophene rings is 1. The van der Waals surface area contributed by atoms with E-state index in [0.29, 0.717) is 6.10 Å². The van der Waals surface area contributed by atoms with Gasteiger partial charge in [0.05, 0.1) is 18.8 Å². The minimum absolute atomic E-state index is 0.0327. The molecule has 3 nitrogen and oxygen atoms in total. The fourth-order valence-electron chi connectivity index (χ4n) is 2.28. The Morgan fingerprint density at radius 2 is 2.26 bits per heavy atom. The Hall–Kier alpha value is -0.420. The van der Waals surface area contributed by atoms with Crippen molar-refractivity contribution in [3.05, 3.63) is 21.9 Å². The first-order chi connectivity index (χ1) is 9.00. The highest BCUT2D eigenvalue weighted by Gasteiger charge is 2.21. The van der Waals surface area contributed by atoms with Gasteiger partial charge >= 0.3 is 0 Å². The summed E-state index contributed by atoms with van der Waals surface area (Å²) >= 11 is 1.79. The van der Waals surface area contributed by atoms with Gasteiger partial charge in [0.15, 0.2) is 0 Å². The van der Waals surface area contributed by atoms with Crippen LogP contribution in [0.5, 0.6) is 0 Å². The zero-order valence-corrected chi connectivity index (χ0v) is 12.9. The van der Waals surface area contributed by atoms with Gasteiger partial charge in [0.2, 0.25) is 0 Å². The molecule has 0 aromatic carbocycles. The molecule has 1 aliphatic heterocycles. The van der Waals surface area contributed by atoms with E-state index in [2.05, 4.69) is 38.2 Å². The van der Waals surface area contributed by atoms with E-state index in [1.807, 2.05) is 0 Å². The van der Waals surface area contributed by atoms with Crippen LogP contribution in [0.25, 0.3) is 0 Å². The van der Waals surface area contributed by atoms with Crippen molar-refractivity contribution in [2.75, 3.05) is 19.8 Å². The quantitative estimate of drug-likeness (QED) is 0.873. The molecule has 2 heterocycles. The predicted octanol–water partition coefficient (Wildman–Crippen LogP) is 2.85. The average molecular weight is 283 g/mol. The zero-order valence-electron chi connectivity index (χ0n) is 12.1. The number of aliphatic hydroxyl groups is 1. The maximum Gasteiger partial charge on any atom is 0.0700 e. The summed E-state index contributed by atoms with van der Waals surface area (Å²) in [5.41, 5.74) is 0.178. The minimum Gasteiger partial charge on any atom is -0.394 e. The van der Waals surface area contributed by atoms with Crippen LogP contribution in [0.1, 0.15) is 49.4 Å². The monoisotopic (exact) mass is 283 g/mol. The first kappa shape index (κ1) is 15.0. The Labute approximate surface area is 120 Å². The third-order valence-corrected chi connectivity index (χ3v) is 5.13. The molecule has 2 atom stereocenters. The fourth-order valence-corrected chi connectivity index (χ4v) is 3.41. The van der Waals surface area contributed by atoms with Crippen molar-refractivity contribution in [3.63, 3.8) is 0 Å². The third-order valence-electron chi connectivity index (χ3n) is 3.51. The lowest BCUT2D eigenvalue weighted by atomic mass is 9.95. The van der Waals surface area contributed by atoms with Crippen LogP contribution < -0.4 is 5.32 Å². The Morgan fingerprint density at radius 1 is 1.47 bits per heavy atom.